The van der Waals surface area contributed by atoms with Crippen molar-refractivity contribution in [2.45, 2.75) is 71.2 Å². The molecule has 1 saturated carbocycles. The average molecular weight is 515 g/mol. The molecule has 38 heavy (non-hydrogen) atoms. The van der Waals surface area contributed by atoms with Gasteiger partial charge in [-0.05, 0) is 83.5 Å². The zero-order valence-electron chi connectivity index (χ0n) is 22.7. The molecule has 0 spiro atoms. The summed E-state index contributed by atoms with van der Waals surface area (Å²) < 4.78 is 18.1. The number of hydrogen-bond acceptors (Lipinski definition) is 4. The van der Waals surface area contributed by atoms with Crippen LogP contribution in [-0.4, -0.2) is 24.3 Å². The highest BCUT2D eigenvalue weighted by atomic mass is 16.7. The second kappa shape index (κ2) is 10.9. The molecular formula is C33H38O5. The topological polar surface area (TPSA) is 65.0 Å². The van der Waals surface area contributed by atoms with Crippen LogP contribution in [0.25, 0.3) is 11.1 Å². The van der Waals surface area contributed by atoms with Gasteiger partial charge in [-0.25, -0.2) is 0 Å². The highest BCUT2D eigenvalue weighted by molar-refractivity contribution is 5.70. The summed E-state index contributed by atoms with van der Waals surface area (Å²) in [6, 6.07) is 23.0. The summed E-state index contributed by atoms with van der Waals surface area (Å²) in [4.78, 5) is 10.9. The fourth-order valence-corrected chi connectivity index (χ4v) is 6.02. The van der Waals surface area contributed by atoms with Gasteiger partial charge < -0.3 is 19.3 Å². The number of carboxylic acids is 1. The second-order valence-electron chi connectivity index (χ2n) is 11.4. The summed E-state index contributed by atoms with van der Waals surface area (Å²) in [5.41, 5.74) is 7.18. The van der Waals surface area contributed by atoms with Crippen molar-refractivity contribution in [3.63, 3.8) is 0 Å². The molecule has 0 amide bonds. The molecule has 1 N–H and O–H groups in total. The van der Waals surface area contributed by atoms with Crippen LogP contribution in [0.1, 0.15) is 74.6 Å². The van der Waals surface area contributed by atoms with Crippen molar-refractivity contribution in [3.8, 4) is 16.9 Å². The molecule has 1 heterocycles. The third-order valence-electron chi connectivity index (χ3n) is 8.22. The maximum atomic E-state index is 10.9. The highest BCUT2D eigenvalue weighted by Crippen LogP contribution is 2.51. The molecule has 200 valence electrons. The molecule has 5 heteroatoms. The normalized spacial score (nSPS) is 19.9. The first-order chi connectivity index (χ1) is 18.2. The van der Waals surface area contributed by atoms with Crippen molar-refractivity contribution < 1.29 is 24.1 Å². The monoisotopic (exact) mass is 514 g/mol. The lowest BCUT2D eigenvalue weighted by Gasteiger charge is -2.30. The molecule has 5 rings (SSSR count). The smallest absolute Gasteiger partial charge is 0.303 e. The Labute approximate surface area is 225 Å². The third kappa shape index (κ3) is 5.79. The summed E-state index contributed by atoms with van der Waals surface area (Å²) >= 11 is 0. The number of benzene rings is 3. The molecule has 2 fully saturated rings. The summed E-state index contributed by atoms with van der Waals surface area (Å²) in [5, 5.41) is 8.99. The molecule has 1 aliphatic carbocycles. The number of aliphatic carboxylic acids is 1. The van der Waals surface area contributed by atoms with Crippen molar-refractivity contribution >= 4 is 5.97 Å². The first-order valence-corrected chi connectivity index (χ1v) is 13.7. The predicted molar refractivity (Wildman–Crippen MR) is 148 cm³/mol. The Morgan fingerprint density at radius 1 is 0.974 bits per heavy atom. The number of aryl methyl sites for hydroxylation is 1. The first-order valence-electron chi connectivity index (χ1n) is 13.7. The molecule has 1 unspecified atom stereocenters. The van der Waals surface area contributed by atoms with Gasteiger partial charge in [0.2, 0.25) is 0 Å². The van der Waals surface area contributed by atoms with Crippen LogP contribution in [0.15, 0.2) is 66.7 Å². The van der Waals surface area contributed by atoms with Crippen molar-refractivity contribution in [1.29, 1.82) is 0 Å². The van der Waals surface area contributed by atoms with Gasteiger partial charge in [0.15, 0.2) is 5.79 Å². The molecule has 5 nitrogen and oxygen atoms in total. The van der Waals surface area contributed by atoms with Gasteiger partial charge in [0.05, 0.1) is 13.2 Å². The largest absolute Gasteiger partial charge is 0.489 e. The van der Waals surface area contributed by atoms with Crippen LogP contribution in [0.2, 0.25) is 0 Å². The lowest BCUT2D eigenvalue weighted by molar-refractivity contribution is -0.149. The highest BCUT2D eigenvalue weighted by Gasteiger charge is 2.37. The maximum Gasteiger partial charge on any atom is 0.303 e. The van der Waals surface area contributed by atoms with Gasteiger partial charge in [-0.15, -0.1) is 0 Å². The standard InChI is InChI=1S/C33H38O5/c1-32(2)16-6-11-30(32)29-20-24(22-36-27-10-4-7-23(19-27)13-15-31(34)35)12-14-28(29)25-8-5-9-26(21-25)33(3)37-17-18-38-33/h4-5,7-10,12,14,19-21,30H,6,11,13,15-18,22H2,1-3H3,(H,34,35). The Morgan fingerprint density at radius 3 is 2.50 bits per heavy atom. The zero-order chi connectivity index (χ0) is 26.8. The van der Waals surface area contributed by atoms with E-state index in [1.165, 1.54) is 36.0 Å². The lowest BCUT2D eigenvalue weighted by atomic mass is 9.75. The van der Waals surface area contributed by atoms with Gasteiger partial charge in [-0.2, -0.15) is 0 Å². The predicted octanol–water partition coefficient (Wildman–Crippen LogP) is 7.46. The van der Waals surface area contributed by atoms with Crippen molar-refractivity contribution in [2.75, 3.05) is 13.2 Å². The van der Waals surface area contributed by atoms with Crippen molar-refractivity contribution in [2.24, 2.45) is 5.41 Å². The van der Waals surface area contributed by atoms with E-state index in [-0.39, 0.29) is 11.8 Å². The van der Waals surface area contributed by atoms with Gasteiger partial charge in [-0.3, -0.25) is 4.79 Å². The van der Waals surface area contributed by atoms with E-state index in [1.807, 2.05) is 31.2 Å². The Bertz CT molecular complexity index is 1290. The minimum absolute atomic E-state index is 0.115. The molecule has 3 aromatic rings. The van der Waals surface area contributed by atoms with E-state index in [2.05, 4.69) is 56.3 Å². The number of ether oxygens (including phenoxy) is 3. The lowest BCUT2D eigenvalue weighted by Crippen LogP contribution is -2.22. The number of hydrogen-bond donors (Lipinski definition) is 1. The summed E-state index contributed by atoms with van der Waals surface area (Å²) in [6.07, 6.45) is 4.25. The number of carboxylic acid groups (broad SMARTS) is 1. The molecule has 0 aromatic heterocycles. The van der Waals surface area contributed by atoms with E-state index in [1.54, 1.807) is 0 Å². The summed E-state index contributed by atoms with van der Waals surface area (Å²) in [6.45, 7) is 8.45. The molecule has 0 bridgehead atoms. The van der Waals surface area contributed by atoms with E-state index >= 15 is 0 Å². The first kappa shape index (κ1) is 26.5. The minimum atomic E-state index is -0.790. The minimum Gasteiger partial charge on any atom is -0.489 e. The van der Waals surface area contributed by atoms with E-state index < -0.39 is 11.8 Å². The number of rotatable bonds is 9. The maximum absolute atomic E-state index is 10.9. The van der Waals surface area contributed by atoms with Gasteiger partial charge in [-0.1, -0.05) is 68.8 Å². The van der Waals surface area contributed by atoms with Gasteiger partial charge in [0.1, 0.15) is 12.4 Å². The van der Waals surface area contributed by atoms with Crippen LogP contribution < -0.4 is 4.74 Å². The van der Waals surface area contributed by atoms with E-state index in [0.29, 0.717) is 32.2 Å². The Hall–Kier alpha value is -3.15. The Balaban J connectivity index is 1.43. The molecule has 1 saturated heterocycles. The van der Waals surface area contributed by atoms with Crippen molar-refractivity contribution in [3.05, 3.63) is 89.0 Å². The number of carbonyl (C=O) groups is 1. The van der Waals surface area contributed by atoms with Crippen LogP contribution in [-0.2, 0) is 33.1 Å². The van der Waals surface area contributed by atoms with E-state index in [0.717, 1.165) is 22.4 Å². The Morgan fingerprint density at radius 2 is 1.76 bits per heavy atom. The second-order valence-corrected chi connectivity index (χ2v) is 11.4. The molecule has 1 aliphatic heterocycles. The fourth-order valence-electron chi connectivity index (χ4n) is 6.02. The quantitative estimate of drug-likeness (QED) is 0.321. The Kier molecular flexibility index (Phi) is 7.60. The van der Waals surface area contributed by atoms with Crippen LogP contribution in [0.3, 0.4) is 0 Å². The van der Waals surface area contributed by atoms with E-state index in [4.69, 9.17) is 19.3 Å². The SMILES string of the molecule is CC1(c2cccc(-c3ccc(COc4cccc(CCC(=O)O)c4)cc3C3CCCC3(C)C)c2)OCCO1. The molecular weight excluding hydrogens is 476 g/mol. The van der Waals surface area contributed by atoms with Crippen molar-refractivity contribution in [1.82, 2.24) is 0 Å². The third-order valence-corrected chi connectivity index (χ3v) is 8.22. The van der Waals surface area contributed by atoms with E-state index in [9.17, 15) is 4.79 Å². The zero-order valence-corrected chi connectivity index (χ0v) is 22.7. The van der Waals surface area contributed by atoms with Gasteiger partial charge >= 0.3 is 5.97 Å². The van der Waals surface area contributed by atoms with Crippen LogP contribution in [0.5, 0.6) is 5.75 Å². The van der Waals surface area contributed by atoms with Gasteiger partial charge in [0, 0.05) is 12.0 Å². The molecule has 2 aliphatic rings. The molecule has 1 atom stereocenters. The average Bonchev–Trinajstić information content (AvgIpc) is 3.51. The molecule has 0 radical (unpaired) electrons. The van der Waals surface area contributed by atoms with Gasteiger partial charge in [0.25, 0.3) is 0 Å². The molecule has 3 aromatic carbocycles. The van der Waals surface area contributed by atoms with Crippen LogP contribution in [0, 0.1) is 5.41 Å². The summed E-state index contributed by atoms with van der Waals surface area (Å²) in [5.74, 6) is -0.260. The van der Waals surface area contributed by atoms with Crippen LogP contribution in [0.4, 0.5) is 0 Å². The fraction of sp³-hybridized carbons (Fsp3) is 0.424. The summed E-state index contributed by atoms with van der Waals surface area (Å²) in [7, 11) is 0. The van der Waals surface area contributed by atoms with Crippen LogP contribution >= 0.6 is 0 Å².